The molecule has 0 saturated carbocycles. The summed E-state index contributed by atoms with van der Waals surface area (Å²) in [6.07, 6.45) is 10.00. The predicted octanol–water partition coefficient (Wildman–Crippen LogP) is 4.63. The highest BCUT2D eigenvalue weighted by Crippen LogP contribution is 2.15. The number of nitrogens with one attached hydrogen (secondary N) is 2. The van der Waals surface area contributed by atoms with Crippen molar-refractivity contribution in [3.63, 3.8) is 0 Å². The zero-order valence-corrected chi connectivity index (χ0v) is 12.3. The molecule has 0 amide bonds. The smallest absolute Gasteiger partial charge is 0.135 e. The Hall–Kier alpha value is -1.38. The van der Waals surface area contributed by atoms with Crippen LogP contribution in [0.5, 0.6) is 0 Å². The van der Waals surface area contributed by atoms with Gasteiger partial charge in [0.1, 0.15) is 5.82 Å². The minimum atomic E-state index is 0.684. The van der Waals surface area contributed by atoms with Gasteiger partial charge in [-0.05, 0) is 25.0 Å². The molecule has 0 atom stereocenters. The summed E-state index contributed by atoms with van der Waals surface area (Å²) in [5.41, 5.74) is 1.64. The number of nitrogens with zero attached hydrogens (tertiary/aromatic N) is 1. The van der Waals surface area contributed by atoms with E-state index in [1.54, 1.807) is 6.20 Å². The summed E-state index contributed by atoms with van der Waals surface area (Å²) in [4.78, 5) is 4.36. The van der Waals surface area contributed by atoms with Crippen molar-refractivity contribution in [2.24, 2.45) is 0 Å². The van der Waals surface area contributed by atoms with Crippen molar-refractivity contribution in [3.05, 3.63) is 23.9 Å². The number of hydrogen-bond acceptors (Lipinski definition) is 3. The highest BCUT2D eigenvalue weighted by Gasteiger charge is 2.07. The van der Waals surface area contributed by atoms with Gasteiger partial charge in [0.25, 0.3) is 0 Å². The second kappa shape index (κ2) is 9.54. The molecule has 1 aromatic heterocycles. The van der Waals surface area contributed by atoms with E-state index in [0.717, 1.165) is 30.8 Å². The Morgan fingerprint density at radius 2 is 1.95 bits per heavy atom. The minimum absolute atomic E-state index is 0.684. The molecular weight excluding hydrogens is 234 g/mol. The first kappa shape index (κ1) is 15.7. The predicted molar refractivity (Wildman–Crippen MR) is 83.2 cm³/mol. The molecule has 2 N–H and O–H groups in total. The average Bonchev–Trinajstić information content (AvgIpc) is 2.43. The molecule has 0 aliphatic carbocycles. The van der Waals surface area contributed by atoms with E-state index >= 15 is 0 Å². The summed E-state index contributed by atoms with van der Waals surface area (Å²) in [5, 5.41) is 11.4. The highest BCUT2D eigenvalue weighted by molar-refractivity contribution is 6.02. The first-order chi connectivity index (χ1) is 9.29. The Labute approximate surface area is 117 Å². The van der Waals surface area contributed by atoms with E-state index in [2.05, 4.69) is 24.1 Å². The standard InChI is InChI=1S/C16H27N3/c1-3-5-6-7-8-12-18-16-14(11-9-13-19-16)15(17)10-4-2/h9,11,13,17H,3-8,10,12H2,1-2H3,(H,18,19). The van der Waals surface area contributed by atoms with E-state index in [9.17, 15) is 0 Å². The number of hydrogen-bond donors (Lipinski definition) is 2. The average molecular weight is 261 g/mol. The van der Waals surface area contributed by atoms with Crippen molar-refractivity contribution in [3.8, 4) is 0 Å². The first-order valence-electron chi connectivity index (χ1n) is 7.56. The fraction of sp³-hybridized carbons (Fsp3) is 0.625. The summed E-state index contributed by atoms with van der Waals surface area (Å²) in [5.74, 6) is 0.872. The lowest BCUT2D eigenvalue weighted by atomic mass is 10.1. The zero-order valence-electron chi connectivity index (χ0n) is 12.3. The second-order valence-electron chi connectivity index (χ2n) is 4.97. The third kappa shape index (κ3) is 5.86. The third-order valence-corrected chi connectivity index (χ3v) is 3.21. The van der Waals surface area contributed by atoms with E-state index in [1.807, 2.05) is 12.1 Å². The van der Waals surface area contributed by atoms with Gasteiger partial charge in [0.2, 0.25) is 0 Å². The van der Waals surface area contributed by atoms with Crippen molar-refractivity contribution < 1.29 is 0 Å². The van der Waals surface area contributed by atoms with E-state index < -0.39 is 0 Å². The molecule has 19 heavy (non-hydrogen) atoms. The van der Waals surface area contributed by atoms with Gasteiger partial charge in [-0.25, -0.2) is 4.98 Å². The van der Waals surface area contributed by atoms with Crippen molar-refractivity contribution >= 4 is 11.5 Å². The summed E-state index contributed by atoms with van der Waals surface area (Å²) in [6.45, 7) is 5.29. The van der Waals surface area contributed by atoms with Crippen LogP contribution in [-0.2, 0) is 0 Å². The Morgan fingerprint density at radius 3 is 2.68 bits per heavy atom. The van der Waals surface area contributed by atoms with Gasteiger partial charge in [-0.3, -0.25) is 0 Å². The summed E-state index contributed by atoms with van der Waals surface area (Å²) < 4.78 is 0. The van der Waals surface area contributed by atoms with Crippen LogP contribution in [0, 0.1) is 5.41 Å². The molecule has 0 saturated heterocycles. The van der Waals surface area contributed by atoms with Gasteiger partial charge in [0, 0.05) is 24.0 Å². The molecule has 3 nitrogen and oxygen atoms in total. The lowest BCUT2D eigenvalue weighted by Gasteiger charge is -2.11. The monoisotopic (exact) mass is 261 g/mol. The maximum absolute atomic E-state index is 8.06. The minimum Gasteiger partial charge on any atom is -0.370 e. The van der Waals surface area contributed by atoms with Crippen LogP contribution in [0.25, 0.3) is 0 Å². The van der Waals surface area contributed by atoms with Crippen LogP contribution in [0.3, 0.4) is 0 Å². The van der Waals surface area contributed by atoms with Gasteiger partial charge in [-0.1, -0.05) is 46.0 Å². The van der Waals surface area contributed by atoms with Crippen LogP contribution in [-0.4, -0.2) is 17.2 Å². The third-order valence-electron chi connectivity index (χ3n) is 3.21. The van der Waals surface area contributed by atoms with Crippen molar-refractivity contribution in [2.45, 2.75) is 58.8 Å². The van der Waals surface area contributed by atoms with Gasteiger partial charge in [0.15, 0.2) is 0 Å². The second-order valence-corrected chi connectivity index (χ2v) is 4.97. The van der Waals surface area contributed by atoms with Crippen LogP contribution in [0.4, 0.5) is 5.82 Å². The van der Waals surface area contributed by atoms with Crippen LogP contribution >= 0.6 is 0 Å². The van der Waals surface area contributed by atoms with Crippen LogP contribution in [0.15, 0.2) is 18.3 Å². The number of pyridine rings is 1. The Kier molecular flexibility index (Phi) is 7.87. The van der Waals surface area contributed by atoms with Crippen molar-refractivity contribution in [1.29, 1.82) is 5.41 Å². The van der Waals surface area contributed by atoms with Crippen LogP contribution < -0.4 is 5.32 Å². The van der Waals surface area contributed by atoms with E-state index in [1.165, 1.54) is 32.1 Å². The van der Waals surface area contributed by atoms with E-state index in [-0.39, 0.29) is 0 Å². The van der Waals surface area contributed by atoms with Gasteiger partial charge in [-0.15, -0.1) is 0 Å². The number of anilines is 1. The molecule has 0 unspecified atom stereocenters. The lowest BCUT2D eigenvalue weighted by Crippen LogP contribution is -2.09. The van der Waals surface area contributed by atoms with Gasteiger partial charge in [0.05, 0.1) is 0 Å². The largest absolute Gasteiger partial charge is 0.370 e. The molecule has 1 rings (SSSR count). The molecule has 1 heterocycles. The molecule has 3 heteroatoms. The molecule has 0 fully saturated rings. The Bertz CT molecular complexity index is 374. The number of unbranched alkanes of at least 4 members (excludes halogenated alkanes) is 4. The quantitative estimate of drug-likeness (QED) is 0.476. The number of aromatic nitrogens is 1. The van der Waals surface area contributed by atoms with Gasteiger partial charge in [-0.2, -0.15) is 0 Å². The molecule has 1 aromatic rings. The van der Waals surface area contributed by atoms with Crippen molar-refractivity contribution in [1.82, 2.24) is 4.98 Å². The Morgan fingerprint density at radius 1 is 1.16 bits per heavy atom. The fourth-order valence-corrected chi connectivity index (χ4v) is 2.11. The van der Waals surface area contributed by atoms with Crippen LogP contribution in [0.2, 0.25) is 0 Å². The molecule has 0 bridgehead atoms. The molecule has 0 radical (unpaired) electrons. The number of rotatable bonds is 10. The fourth-order valence-electron chi connectivity index (χ4n) is 2.11. The maximum Gasteiger partial charge on any atom is 0.135 e. The zero-order chi connectivity index (χ0) is 13.9. The van der Waals surface area contributed by atoms with Gasteiger partial charge >= 0.3 is 0 Å². The summed E-state index contributed by atoms with van der Waals surface area (Å²) >= 11 is 0. The normalized spacial score (nSPS) is 10.4. The van der Waals surface area contributed by atoms with E-state index in [4.69, 9.17) is 5.41 Å². The molecule has 0 spiro atoms. The lowest BCUT2D eigenvalue weighted by molar-refractivity contribution is 0.644. The molecule has 106 valence electrons. The molecule has 0 aliphatic heterocycles. The summed E-state index contributed by atoms with van der Waals surface area (Å²) in [6, 6.07) is 3.90. The maximum atomic E-state index is 8.06. The first-order valence-corrected chi connectivity index (χ1v) is 7.56. The SMILES string of the molecule is CCCCCCCNc1ncccc1C(=N)CCC. The Balaban J connectivity index is 2.42. The molecule has 0 aromatic carbocycles. The summed E-state index contributed by atoms with van der Waals surface area (Å²) in [7, 11) is 0. The molecule has 0 aliphatic rings. The molecular formula is C16H27N3. The topological polar surface area (TPSA) is 48.8 Å². The highest BCUT2D eigenvalue weighted by atomic mass is 15.0. The van der Waals surface area contributed by atoms with Gasteiger partial charge < -0.3 is 10.7 Å². The van der Waals surface area contributed by atoms with Crippen molar-refractivity contribution in [2.75, 3.05) is 11.9 Å². The van der Waals surface area contributed by atoms with Crippen LogP contribution in [0.1, 0.15) is 64.4 Å². The van der Waals surface area contributed by atoms with E-state index in [0.29, 0.717) is 5.71 Å².